The molecule has 4 rings (SSSR count). The van der Waals surface area contributed by atoms with Crippen LogP contribution in [0.1, 0.15) is 93.4 Å². The van der Waals surface area contributed by atoms with E-state index in [4.69, 9.17) is 4.74 Å². The third kappa shape index (κ3) is 4.05. The predicted octanol–water partition coefficient (Wildman–Crippen LogP) is 7.90. The lowest BCUT2D eigenvalue weighted by atomic mass is 9.50. The van der Waals surface area contributed by atoms with Gasteiger partial charge in [0, 0.05) is 6.92 Å². The Morgan fingerprint density at radius 2 is 1.84 bits per heavy atom. The van der Waals surface area contributed by atoms with Crippen LogP contribution in [0.5, 0.6) is 0 Å². The van der Waals surface area contributed by atoms with Gasteiger partial charge in [-0.3, -0.25) is 4.79 Å². The molecule has 0 bridgehead atoms. The Bertz CT molecular complexity index is 817. The van der Waals surface area contributed by atoms with E-state index in [9.17, 15) is 4.79 Å². The fraction of sp³-hybridized carbons (Fsp3) is 0.767. The summed E-state index contributed by atoms with van der Waals surface area (Å²) < 4.78 is 5.61. The van der Waals surface area contributed by atoms with Crippen molar-refractivity contribution >= 4 is 5.97 Å². The van der Waals surface area contributed by atoms with E-state index in [2.05, 4.69) is 65.8 Å². The average molecular weight is 439 g/mol. The van der Waals surface area contributed by atoms with Gasteiger partial charge in [0.05, 0.1) is 0 Å². The molecule has 0 saturated heterocycles. The molecule has 0 N–H and O–H groups in total. The summed E-state index contributed by atoms with van der Waals surface area (Å²) in [5, 5.41) is 0. The van der Waals surface area contributed by atoms with Gasteiger partial charge in [-0.2, -0.15) is 0 Å². The van der Waals surface area contributed by atoms with Crippen LogP contribution in [0.25, 0.3) is 0 Å². The van der Waals surface area contributed by atoms with E-state index in [-0.39, 0.29) is 12.1 Å². The zero-order valence-electron chi connectivity index (χ0n) is 21.6. The second kappa shape index (κ2) is 8.80. The first-order chi connectivity index (χ1) is 15.1. The lowest BCUT2D eigenvalue weighted by Crippen LogP contribution is -2.47. The third-order valence-electron chi connectivity index (χ3n) is 10.3. The second-order valence-electron chi connectivity index (χ2n) is 12.4. The van der Waals surface area contributed by atoms with Gasteiger partial charge in [-0.25, -0.2) is 0 Å². The fourth-order valence-corrected chi connectivity index (χ4v) is 7.82. The fourth-order valence-electron chi connectivity index (χ4n) is 7.82. The van der Waals surface area contributed by atoms with Crippen molar-refractivity contribution in [2.75, 3.05) is 0 Å². The largest absolute Gasteiger partial charge is 0.463 e. The molecular formula is C30H46O2. The number of rotatable bonds is 5. The molecule has 0 aromatic rings. The van der Waals surface area contributed by atoms with Gasteiger partial charge in [-0.05, 0) is 96.9 Å². The Hall–Kier alpha value is -1.31. The highest BCUT2D eigenvalue weighted by atomic mass is 16.5. The van der Waals surface area contributed by atoms with Gasteiger partial charge in [0.1, 0.15) is 6.10 Å². The van der Waals surface area contributed by atoms with Gasteiger partial charge in [-0.1, -0.05) is 71.4 Å². The van der Waals surface area contributed by atoms with Gasteiger partial charge < -0.3 is 4.74 Å². The molecule has 0 aliphatic heterocycles. The highest BCUT2D eigenvalue weighted by Gasteiger charge is 2.54. The van der Waals surface area contributed by atoms with Crippen molar-refractivity contribution in [1.29, 1.82) is 0 Å². The molecular weight excluding hydrogens is 392 g/mol. The van der Waals surface area contributed by atoms with Crippen molar-refractivity contribution in [1.82, 2.24) is 0 Å². The Balaban J connectivity index is 1.57. The molecule has 0 aromatic heterocycles. The van der Waals surface area contributed by atoms with Crippen LogP contribution in [-0.2, 0) is 9.53 Å². The Kier molecular flexibility index (Phi) is 6.56. The van der Waals surface area contributed by atoms with Gasteiger partial charge in [0.25, 0.3) is 0 Å². The van der Waals surface area contributed by atoms with Crippen LogP contribution >= 0.6 is 0 Å². The number of carbonyl (C=O) groups is 1. The molecule has 0 radical (unpaired) electrons. The van der Waals surface area contributed by atoms with Crippen molar-refractivity contribution in [3.63, 3.8) is 0 Å². The molecule has 4 aliphatic rings. The topological polar surface area (TPSA) is 26.3 Å². The van der Waals surface area contributed by atoms with E-state index in [1.165, 1.54) is 32.1 Å². The smallest absolute Gasteiger partial charge is 0.302 e. The number of esters is 1. The van der Waals surface area contributed by atoms with E-state index < -0.39 is 0 Å². The van der Waals surface area contributed by atoms with Crippen LogP contribution in [0.15, 0.2) is 35.5 Å². The third-order valence-corrected chi connectivity index (χ3v) is 10.3. The number of hydrogen-bond donors (Lipinski definition) is 0. The number of ether oxygens (including phenoxy) is 1. The Labute approximate surface area is 197 Å². The summed E-state index contributed by atoms with van der Waals surface area (Å²) in [7, 11) is 0. The molecule has 0 spiro atoms. The second-order valence-corrected chi connectivity index (χ2v) is 12.4. The molecule has 0 amide bonds. The molecule has 0 heterocycles. The minimum absolute atomic E-state index is 0.106. The number of carbonyl (C=O) groups excluding carboxylic acids is 1. The van der Waals surface area contributed by atoms with Crippen LogP contribution < -0.4 is 0 Å². The molecule has 8 atom stereocenters. The molecule has 2 heteroatoms. The van der Waals surface area contributed by atoms with E-state index in [0.717, 1.165) is 18.8 Å². The van der Waals surface area contributed by atoms with E-state index >= 15 is 0 Å². The van der Waals surface area contributed by atoms with Crippen LogP contribution in [0.2, 0.25) is 0 Å². The standard InChI is InChI=1S/C30H46O2/c1-19(2)20(3)8-9-21(4)26-12-13-27-25-11-10-23-18-24(32-22(5)31)14-16-29(23,6)28(25)15-17-30(26,27)7/h8-11,19-21,23-24,26,28H,12-18H2,1-7H3/t20?,21-,23+,24+,26-,28+,29+,30-/m1/s1. The van der Waals surface area contributed by atoms with Gasteiger partial charge in [0.15, 0.2) is 0 Å². The number of allylic oxidation sites excluding steroid dienone is 6. The monoisotopic (exact) mass is 438 g/mol. The van der Waals surface area contributed by atoms with Crippen molar-refractivity contribution in [3.05, 3.63) is 35.5 Å². The summed E-state index contributed by atoms with van der Waals surface area (Å²) in [5.74, 6) is 3.87. The molecule has 32 heavy (non-hydrogen) atoms. The van der Waals surface area contributed by atoms with Gasteiger partial charge in [0.2, 0.25) is 0 Å². The first kappa shape index (κ1) is 23.8. The SMILES string of the molecule is CC(=O)O[C@H]1CC[C@@]2(C)[C@@H](C=CC3=C4CC[C@H]([C@H](C)C=CC(C)C(C)C)[C@@]4(C)CC[C@@H]32)C1. The zero-order chi connectivity index (χ0) is 23.3. The Morgan fingerprint density at radius 3 is 2.53 bits per heavy atom. The normalized spacial score (nSPS) is 40.8. The van der Waals surface area contributed by atoms with Crippen LogP contribution in [-0.4, -0.2) is 12.1 Å². The summed E-state index contributed by atoms with van der Waals surface area (Å²) in [5.41, 5.74) is 4.16. The van der Waals surface area contributed by atoms with Crippen LogP contribution in [0.3, 0.4) is 0 Å². The minimum Gasteiger partial charge on any atom is -0.463 e. The molecule has 0 aromatic carbocycles. The zero-order valence-corrected chi connectivity index (χ0v) is 21.6. The summed E-state index contributed by atoms with van der Waals surface area (Å²) in [6.07, 6.45) is 18.6. The molecule has 2 nitrogen and oxygen atoms in total. The van der Waals surface area contributed by atoms with Crippen molar-refractivity contribution < 1.29 is 9.53 Å². The van der Waals surface area contributed by atoms with Gasteiger partial charge >= 0.3 is 5.97 Å². The molecule has 2 saturated carbocycles. The van der Waals surface area contributed by atoms with Crippen molar-refractivity contribution in [2.24, 2.45) is 46.3 Å². The highest BCUT2D eigenvalue weighted by molar-refractivity contribution is 5.66. The van der Waals surface area contributed by atoms with E-state index in [1.54, 1.807) is 18.1 Å². The summed E-state index contributed by atoms with van der Waals surface area (Å²) >= 11 is 0. The summed E-state index contributed by atoms with van der Waals surface area (Å²) in [6.45, 7) is 16.1. The predicted molar refractivity (Wildman–Crippen MR) is 133 cm³/mol. The lowest BCUT2D eigenvalue weighted by Gasteiger charge is -2.54. The lowest BCUT2D eigenvalue weighted by molar-refractivity contribution is -0.150. The first-order valence-corrected chi connectivity index (χ1v) is 13.3. The highest BCUT2D eigenvalue weighted by Crippen LogP contribution is 2.64. The number of hydrogen-bond acceptors (Lipinski definition) is 2. The van der Waals surface area contributed by atoms with Crippen LogP contribution in [0, 0.1) is 46.3 Å². The quantitative estimate of drug-likeness (QED) is 0.322. The van der Waals surface area contributed by atoms with E-state index in [0.29, 0.717) is 40.4 Å². The average Bonchev–Trinajstić information content (AvgIpc) is 3.08. The minimum atomic E-state index is -0.127. The van der Waals surface area contributed by atoms with Crippen molar-refractivity contribution in [3.8, 4) is 0 Å². The molecule has 4 aliphatic carbocycles. The maximum Gasteiger partial charge on any atom is 0.302 e. The summed E-state index contributed by atoms with van der Waals surface area (Å²) in [6, 6.07) is 0. The Morgan fingerprint density at radius 1 is 1.09 bits per heavy atom. The molecule has 178 valence electrons. The molecule has 1 unspecified atom stereocenters. The van der Waals surface area contributed by atoms with Crippen LogP contribution in [0.4, 0.5) is 0 Å². The molecule has 2 fully saturated rings. The summed E-state index contributed by atoms with van der Waals surface area (Å²) in [4.78, 5) is 11.5. The van der Waals surface area contributed by atoms with Crippen molar-refractivity contribution in [2.45, 2.75) is 99.5 Å². The number of fused-ring (bicyclic) bond motifs is 4. The van der Waals surface area contributed by atoms with Gasteiger partial charge in [-0.15, -0.1) is 0 Å². The maximum absolute atomic E-state index is 11.5. The first-order valence-electron chi connectivity index (χ1n) is 13.3. The van der Waals surface area contributed by atoms with E-state index in [1.807, 2.05) is 0 Å². The maximum atomic E-state index is 11.5.